The molecule has 0 saturated heterocycles. The fourth-order valence-corrected chi connectivity index (χ4v) is 1.07. The molecule has 0 saturated carbocycles. The third-order valence-electron chi connectivity index (χ3n) is 1.46. The third kappa shape index (κ3) is 3.43. The van der Waals surface area contributed by atoms with E-state index in [9.17, 15) is 0 Å². The first-order chi connectivity index (χ1) is 6.22. The molecule has 0 aliphatic carbocycles. The molecule has 1 rings (SSSR count). The van der Waals surface area contributed by atoms with Gasteiger partial charge in [0, 0.05) is 4.47 Å². The van der Waals surface area contributed by atoms with E-state index in [1.807, 2.05) is 24.3 Å². The highest BCUT2D eigenvalue weighted by Crippen LogP contribution is 2.10. The highest BCUT2D eigenvalue weighted by Gasteiger charge is 1.91. The molecule has 5 heteroatoms. The third-order valence-corrected chi connectivity index (χ3v) is 1.99. The van der Waals surface area contributed by atoms with Crippen LogP contribution in [0.4, 0.5) is 0 Å². The minimum atomic E-state index is 0.0166. The number of hydrogen-bond donors (Lipinski definition) is 3. The minimum Gasteiger partial charge on any atom is -0.368 e. The number of hydroxylamine groups is 1. The molecule has 0 atom stereocenters. The monoisotopic (exact) mass is 243 g/mol. The van der Waals surface area contributed by atoms with E-state index >= 15 is 0 Å². The van der Waals surface area contributed by atoms with Gasteiger partial charge in [0.05, 0.1) is 6.54 Å². The van der Waals surface area contributed by atoms with E-state index in [1.165, 1.54) is 0 Å². The van der Waals surface area contributed by atoms with Gasteiger partial charge < -0.3 is 5.73 Å². The van der Waals surface area contributed by atoms with Crippen LogP contribution >= 0.6 is 15.9 Å². The molecule has 0 heterocycles. The Balaban J connectivity index is 2.60. The Morgan fingerprint density at radius 3 is 2.62 bits per heavy atom. The second-order valence-corrected chi connectivity index (χ2v) is 3.36. The average molecular weight is 244 g/mol. The second kappa shape index (κ2) is 4.84. The SMILES string of the molecule is NC(=NCc1ccc(Br)cc1)NO. The first-order valence-corrected chi connectivity index (χ1v) is 4.46. The van der Waals surface area contributed by atoms with Crippen LogP contribution in [0.3, 0.4) is 0 Å². The predicted octanol–water partition coefficient (Wildman–Crippen LogP) is 1.24. The van der Waals surface area contributed by atoms with Gasteiger partial charge in [0.25, 0.3) is 0 Å². The first kappa shape index (κ1) is 10.0. The van der Waals surface area contributed by atoms with Crippen LogP contribution in [0.15, 0.2) is 33.7 Å². The number of aliphatic imine (C=N–C) groups is 1. The van der Waals surface area contributed by atoms with Crippen molar-refractivity contribution in [2.24, 2.45) is 10.7 Å². The summed E-state index contributed by atoms with van der Waals surface area (Å²) in [4.78, 5) is 3.86. The summed E-state index contributed by atoms with van der Waals surface area (Å²) < 4.78 is 1.02. The van der Waals surface area contributed by atoms with Crippen molar-refractivity contribution in [3.05, 3.63) is 34.3 Å². The molecule has 0 fully saturated rings. The van der Waals surface area contributed by atoms with Crippen molar-refractivity contribution >= 4 is 21.9 Å². The van der Waals surface area contributed by atoms with E-state index < -0.39 is 0 Å². The van der Waals surface area contributed by atoms with Crippen molar-refractivity contribution < 1.29 is 5.21 Å². The van der Waals surface area contributed by atoms with Crippen LogP contribution in [0.5, 0.6) is 0 Å². The minimum absolute atomic E-state index is 0.0166. The summed E-state index contributed by atoms with van der Waals surface area (Å²) in [5, 5.41) is 8.34. The molecule has 0 bridgehead atoms. The fourth-order valence-electron chi connectivity index (χ4n) is 0.802. The molecule has 13 heavy (non-hydrogen) atoms. The van der Waals surface area contributed by atoms with Crippen LogP contribution in [0, 0.1) is 0 Å². The molecule has 0 spiro atoms. The molecular weight excluding hydrogens is 234 g/mol. The van der Waals surface area contributed by atoms with E-state index in [0.717, 1.165) is 10.0 Å². The van der Waals surface area contributed by atoms with Gasteiger partial charge in [-0.3, -0.25) is 5.21 Å². The Kier molecular flexibility index (Phi) is 3.72. The summed E-state index contributed by atoms with van der Waals surface area (Å²) in [7, 11) is 0. The van der Waals surface area contributed by atoms with E-state index in [4.69, 9.17) is 10.9 Å². The normalized spacial score (nSPS) is 11.4. The van der Waals surface area contributed by atoms with Gasteiger partial charge in [-0.05, 0) is 17.7 Å². The molecule has 0 aliphatic heterocycles. The Morgan fingerprint density at radius 1 is 1.46 bits per heavy atom. The summed E-state index contributed by atoms with van der Waals surface area (Å²) in [6.45, 7) is 0.451. The predicted molar refractivity (Wildman–Crippen MR) is 54.4 cm³/mol. The lowest BCUT2D eigenvalue weighted by Gasteiger charge is -1.98. The molecule has 1 aromatic carbocycles. The van der Waals surface area contributed by atoms with Gasteiger partial charge in [-0.1, -0.05) is 28.1 Å². The lowest BCUT2D eigenvalue weighted by Crippen LogP contribution is -2.28. The van der Waals surface area contributed by atoms with Crippen molar-refractivity contribution in [1.29, 1.82) is 0 Å². The lowest BCUT2D eigenvalue weighted by atomic mass is 10.2. The van der Waals surface area contributed by atoms with E-state index in [1.54, 1.807) is 5.48 Å². The number of nitrogens with zero attached hydrogens (tertiary/aromatic N) is 1. The van der Waals surface area contributed by atoms with E-state index in [2.05, 4.69) is 20.9 Å². The molecule has 1 aromatic rings. The van der Waals surface area contributed by atoms with Gasteiger partial charge in [0.2, 0.25) is 5.96 Å². The molecule has 4 nitrogen and oxygen atoms in total. The molecule has 0 unspecified atom stereocenters. The summed E-state index contributed by atoms with van der Waals surface area (Å²) in [6, 6.07) is 7.71. The van der Waals surface area contributed by atoms with Gasteiger partial charge in [0.15, 0.2) is 0 Å². The second-order valence-electron chi connectivity index (χ2n) is 2.44. The zero-order chi connectivity index (χ0) is 9.68. The maximum Gasteiger partial charge on any atom is 0.213 e. The molecular formula is C8H10BrN3O. The van der Waals surface area contributed by atoms with Gasteiger partial charge in [-0.15, -0.1) is 0 Å². The Bertz CT molecular complexity index is 297. The average Bonchev–Trinajstić information content (AvgIpc) is 2.16. The van der Waals surface area contributed by atoms with Crippen LogP contribution in [0.2, 0.25) is 0 Å². The molecule has 70 valence electrons. The van der Waals surface area contributed by atoms with E-state index in [-0.39, 0.29) is 5.96 Å². The van der Waals surface area contributed by atoms with Gasteiger partial charge >= 0.3 is 0 Å². The first-order valence-electron chi connectivity index (χ1n) is 3.67. The molecule has 4 N–H and O–H groups in total. The highest BCUT2D eigenvalue weighted by molar-refractivity contribution is 9.10. The largest absolute Gasteiger partial charge is 0.368 e. The Morgan fingerprint density at radius 2 is 2.08 bits per heavy atom. The lowest BCUT2D eigenvalue weighted by molar-refractivity contribution is 0.232. The summed E-state index contributed by atoms with van der Waals surface area (Å²) >= 11 is 3.33. The van der Waals surface area contributed by atoms with Crippen molar-refractivity contribution in [3.8, 4) is 0 Å². The maximum absolute atomic E-state index is 8.34. The van der Waals surface area contributed by atoms with Gasteiger partial charge in [0.1, 0.15) is 0 Å². The van der Waals surface area contributed by atoms with Crippen LogP contribution < -0.4 is 11.2 Å². The van der Waals surface area contributed by atoms with Crippen LogP contribution in [-0.4, -0.2) is 11.2 Å². The quantitative estimate of drug-likeness (QED) is 0.416. The number of benzene rings is 1. The van der Waals surface area contributed by atoms with E-state index in [0.29, 0.717) is 6.54 Å². The fraction of sp³-hybridized carbons (Fsp3) is 0.125. The summed E-state index contributed by atoms with van der Waals surface area (Å²) in [5.41, 5.74) is 8.02. The highest BCUT2D eigenvalue weighted by atomic mass is 79.9. The van der Waals surface area contributed by atoms with Gasteiger partial charge in [-0.2, -0.15) is 0 Å². The van der Waals surface area contributed by atoms with Crippen LogP contribution in [0.1, 0.15) is 5.56 Å². The van der Waals surface area contributed by atoms with Crippen molar-refractivity contribution in [2.45, 2.75) is 6.54 Å². The number of nitrogens with one attached hydrogen (secondary N) is 1. The van der Waals surface area contributed by atoms with Crippen LogP contribution in [0.25, 0.3) is 0 Å². The molecule has 0 radical (unpaired) electrons. The summed E-state index contributed by atoms with van der Waals surface area (Å²) in [5.74, 6) is 0.0166. The number of guanidine groups is 1. The van der Waals surface area contributed by atoms with Gasteiger partial charge in [-0.25, -0.2) is 10.5 Å². The Hall–Kier alpha value is -1.07. The van der Waals surface area contributed by atoms with Crippen LogP contribution in [-0.2, 0) is 6.54 Å². The zero-order valence-corrected chi connectivity index (χ0v) is 8.45. The van der Waals surface area contributed by atoms with Crippen molar-refractivity contribution in [2.75, 3.05) is 0 Å². The topological polar surface area (TPSA) is 70.6 Å². The smallest absolute Gasteiger partial charge is 0.213 e. The standard InChI is InChI=1S/C8H10BrN3O/c9-7-3-1-6(2-4-7)5-11-8(10)12-13/h1-4,13H,5H2,(H3,10,11,12). The molecule has 0 aliphatic rings. The number of halogens is 1. The van der Waals surface area contributed by atoms with Crippen molar-refractivity contribution in [3.63, 3.8) is 0 Å². The van der Waals surface area contributed by atoms with Crippen molar-refractivity contribution in [1.82, 2.24) is 5.48 Å². The Labute approximate surface area is 84.6 Å². The maximum atomic E-state index is 8.34. The number of rotatable bonds is 2. The number of hydrogen-bond acceptors (Lipinski definition) is 2. The summed E-state index contributed by atoms with van der Waals surface area (Å²) in [6.07, 6.45) is 0. The molecule has 0 aromatic heterocycles. The molecule has 0 amide bonds. The zero-order valence-electron chi connectivity index (χ0n) is 6.87. The number of nitrogens with two attached hydrogens (primary N) is 1.